The Kier molecular flexibility index (Phi) is 4.35. The Morgan fingerprint density at radius 2 is 1.58 bits per heavy atom. The predicted octanol–water partition coefficient (Wildman–Crippen LogP) is 4.97. The Bertz CT molecular complexity index is 594. The molecular formula is C18H17N. The lowest BCUT2D eigenvalue weighted by Crippen LogP contribution is -2.00. The Hall–Kier alpha value is -2.54. The molecule has 1 heteroatoms. The zero-order valence-corrected chi connectivity index (χ0v) is 10.8. The maximum atomic E-state index is 3.86. The summed E-state index contributed by atoms with van der Waals surface area (Å²) in [7, 11) is 0. The molecule has 0 saturated heterocycles. The van der Waals surface area contributed by atoms with E-state index < -0.39 is 0 Å². The minimum absolute atomic E-state index is 1.01. The number of para-hydroxylation sites is 1. The second-order valence-electron chi connectivity index (χ2n) is 4.10. The SMILES string of the molecule is C=C/C=C(/Nc1ccccc1)c1ccccc1C=C. The van der Waals surface area contributed by atoms with Crippen molar-refractivity contribution >= 4 is 17.5 Å². The largest absolute Gasteiger partial charge is 0.355 e. The van der Waals surface area contributed by atoms with Crippen molar-refractivity contribution in [3.05, 3.63) is 91.0 Å². The summed E-state index contributed by atoms with van der Waals surface area (Å²) in [4.78, 5) is 0. The third kappa shape index (κ3) is 3.23. The lowest BCUT2D eigenvalue weighted by molar-refractivity contribution is 1.51. The topological polar surface area (TPSA) is 12.0 Å². The van der Waals surface area contributed by atoms with Crippen LogP contribution in [-0.2, 0) is 0 Å². The molecule has 0 amide bonds. The van der Waals surface area contributed by atoms with E-state index in [1.807, 2.05) is 60.7 Å². The van der Waals surface area contributed by atoms with Gasteiger partial charge in [-0.2, -0.15) is 0 Å². The van der Waals surface area contributed by atoms with Crippen molar-refractivity contribution in [1.29, 1.82) is 0 Å². The highest BCUT2D eigenvalue weighted by molar-refractivity contribution is 5.82. The standard InChI is InChI=1S/C18H17N/c1-3-10-18(19-16-12-6-5-7-13-16)17-14-9-8-11-15(17)4-2/h3-14,19H,1-2H2/b18-10+. The second kappa shape index (κ2) is 6.41. The van der Waals surface area contributed by atoms with Gasteiger partial charge in [0.05, 0.1) is 0 Å². The molecular weight excluding hydrogens is 230 g/mol. The number of benzene rings is 2. The Balaban J connectivity index is 2.39. The third-order valence-electron chi connectivity index (χ3n) is 2.81. The Morgan fingerprint density at radius 1 is 0.895 bits per heavy atom. The summed E-state index contributed by atoms with van der Waals surface area (Å²) in [5, 5.41) is 3.41. The molecule has 2 rings (SSSR count). The van der Waals surface area contributed by atoms with Crippen molar-refractivity contribution in [2.75, 3.05) is 5.32 Å². The van der Waals surface area contributed by atoms with Crippen LogP contribution in [0.3, 0.4) is 0 Å². The first-order chi connectivity index (χ1) is 9.35. The van der Waals surface area contributed by atoms with Crippen LogP contribution in [0.1, 0.15) is 11.1 Å². The first kappa shape index (κ1) is 12.9. The van der Waals surface area contributed by atoms with Crippen LogP contribution in [0.25, 0.3) is 11.8 Å². The van der Waals surface area contributed by atoms with Gasteiger partial charge in [-0.25, -0.2) is 0 Å². The maximum Gasteiger partial charge on any atom is 0.0463 e. The maximum absolute atomic E-state index is 3.86. The van der Waals surface area contributed by atoms with E-state index in [9.17, 15) is 0 Å². The fourth-order valence-corrected chi connectivity index (χ4v) is 1.91. The fourth-order valence-electron chi connectivity index (χ4n) is 1.91. The van der Waals surface area contributed by atoms with Gasteiger partial charge in [-0.15, -0.1) is 0 Å². The van der Waals surface area contributed by atoms with E-state index in [2.05, 4.69) is 24.5 Å². The summed E-state index contributed by atoms with van der Waals surface area (Å²) >= 11 is 0. The lowest BCUT2D eigenvalue weighted by Gasteiger charge is -2.13. The van der Waals surface area contributed by atoms with Crippen LogP contribution < -0.4 is 5.32 Å². The van der Waals surface area contributed by atoms with Gasteiger partial charge < -0.3 is 5.32 Å². The summed E-state index contributed by atoms with van der Waals surface area (Å²) in [6, 6.07) is 18.2. The molecule has 0 spiro atoms. The lowest BCUT2D eigenvalue weighted by atomic mass is 10.0. The zero-order chi connectivity index (χ0) is 13.5. The van der Waals surface area contributed by atoms with Gasteiger partial charge >= 0.3 is 0 Å². The first-order valence-electron chi connectivity index (χ1n) is 6.22. The summed E-state index contributed by atoms with van der Waals surface area (Å²) in [5.41, 5.74) is 4.27. The smallest absolute Gasteiger partial charge is 0.0463 e. The fraction of sp³-hybridized carbons (Fsp3) is 0. The number of anilines is 1. The molecule has 1 N–H and O–H groups in total. The quantitative estimate of drug-likeness (QED) is 0.736. The minimum Gasteiger partial charge on any atom is -0.355 e. The van der Waals surface area contributed by atoms with E-state index >= 15 is 0 Å². The summed E-state index contributed by atoms with van der Waals surface area (Å²) in [5.74, 6) is 0. The van der Waals surface area contributed by atoms with E-state index in [1.165, 1.54) is 0 Å². The molecule has 2 aromatic rings. The van der Waals surface area contributed by atoms with E-state index in [0.29, 0.717) is 0 Å². The molecule has 2 aromatic carbocycles. The van der Waals surface area contributed by atoms with Gasteiger partial charge in [0.25, 0.3) is 0 Å². The number of rotatable bonds is 5. The molecule has 19 heavy (non-hydrogen) atoms. The van der Waals surface area contributed by atoms with Crippen molar-refractivity contribution in [3.63, 3.8) is 0 Å². The average molecular weight is 247 g/mol. The highest BCUT2D eigenvalue weighted by atomic mass is 14.9. The Morgan fingerprint density at radius 3 is 2.26 bits per heavy atom. The van der Waals surface area contributed by atoms with Crippen LogP contribution in [0.2, 0.25) is 0 Å². The van der Waals surface area contributed by atoms with Crippen LogP contribution in [0.15, 0.2) is 79.9 Å². The van der Waals surface area contributed by atoms with Crippen molar-refractivity contribution in [3.8, 4) is 0 Å². The molecule has 0 saturated carbocycles. The number of nitrogens with one attached hydrogen (secondary N) is 1. The van der Waals surface area contributed by atoms with E-state index in [-0.39, 0.29) is 0 Å². The van der Waals surface area contributed by atoms with Gasteiger partial charge in [-0.1, -0.05) is 67.8 Å². The van der Waals surface area contributed by atoms with Crippen LogP contribution in [0.4, 0.5) is 5.69 Å². The van der Waals surface area contributed by atoms with Gasteiger partial charge in [0.2, 0.25) is 0 Å². The zero-order valence-electron chi connectivity index (χ0n) is 10.8. The average Bonchev–Trinajstić information content (AvgIpc) is 2.48. The van der Waals surface area contributed by atoms with Crippen molar-refractivity contribution in [2.45, 2.75) is 0 Å². The van der Waals surface area contributed by atoms with E-state index in [4.69, 9.17) is 0 Å². The van der Waals surface area contributed by atoms with Crippen molar-refractivity contribution in [1.82, 2.24) is 0 Å². The van der Waals surface area contributed by atoms with E-state index in [1.54, 1.807) is 6.08 Å². The molecule has 0 aliphatic rings. The highest BCUT2D eigenvalue weighted by Crippen LogP contribution is 2.22. The monoisotopic (exact) mass is 247 g/mol. The summed E-state index contributed by atoms with van der Waals surface area (Å²) in [6.45, 7) is 7.64. The molecule has 0 aromatic heterocycles. The van der Waals surface area contributed by atoms with Gasteiger partial charge in [-0.05, 0) is 23.8 Å². The van der Waals surface area contributed by atoms with Crippen LogP contribution in [0, 0.1) is 0 Å². The predicted molar refractivity (Wildman–Crippen MR) is 84.8 cm³/mol. The Labute approximate surface area is 114 Å². The van der Waals surface area contributed by atoms with Gasteiger partial charge in [-0.3, -0.25) is 0 Å². The molecule has 0 aliphatic carbocycles. The van der Waals surface area contributed by atoms with Gasteiger partial charge in [0, 0.05) is 16.9 Å². The highest BCUT2D eigenvalue weighted by Gasteiger charge is 2.04. The molecule has 0 aliphatic heterocycles. The molecule has 1 nitrogen and oxygen atoms in total. The van der Waals surface area contributed by atoms with Crippen LogP contribution in [-0.4, -0.2) is 0 Å². The first-order valence-corrected chi connectivity index (χ1v) is 6.22. The number of allylic oxidation sites excluding steroid dienone is 2. The number of hydrogen-bond acceptors (Lipinski definition) is 1. The summed E-state index contributed by atoms with van der Waals surface area (Å²) in [6.07, 6.45) is 5.61. The third-order valence-corrected chi connectivity index (χ3v) is 2.81. The normalized spacial score (nSPS) is 10.8. The van der Waals surface area contributed by atoms with Crippen molar-refractivity contribution < 1.29 is 0 Å². The molecule has 0 radical (unpaired) electrons. The van der Waals surface area contributed by atoms with Crippen LogP contribution >= 0.6 is 0 Å². The van der Waals surface area contributed by atoms with E-state index in [0.717, 1.165) is 22.5 Å². The van der Waals surface area contributed by atoms with Gasteiger partial charge in [0.1, 0.15) is 0 Å². The molecule has 0 bridgehead atoms. The molecule has 0 atom stereocenters. The molecule has 0 unspecified atom stereocenters. The molecule has 0 fully saturated rings. The molecule has 94 valence electrons. The van der Waals surface area contributed by atoms with Crippen molar-refractivity contribution in [2.24, 2.45) is 0 Å². The summed E-state index contributed by atoms with van der Waals surface area (Å²) < 4.78 is 0. The second-order valence-corrected chi connectivity index (χ2v) is 4.10. The molecule has 0 heterocycles. The number of hydrogen-bond donors (Lipinski definition) is 1. The van der Waals surface area contributed by atoms with Gasteiger partial charge in [0.15, 0.2) is 0 Å². The minimum atomic E-state index is 1.01. The van der Waals surface area contributed by atoms with Crippen LogP contribution in [0.5, 0.6) is 0 Å².